The van der Waals surface area contributed by atoms with Crippen molar-refractivity contribution in [3.05, 3.63) is 91.4 Å². The molecule has 0 saturated heterocycles. The van der Waals surface area contributed by atoms with Gasteiger partial charge in [0.25, 0.3) is 0 Å². The summed E-state index contributed by atoms with van der Waals surface area (Å²) in [5.41, 5.74) is 12.3. The average Bonchev–Trinajstić information content (AvgIpc) is 3.55. The number of fused-ring (bicyclic) bond motifs is 4. The fourth-order valence-electron chi connectivity index (χ4n) is 5.42. The van der Waals surface area contributed by atoms with E-state index in [1.807, 2.05) is 0 Å². The quantitative estimate of drug-likeness (QED) is 0.321. The van der Waals surface area contributed by atoms with Crippen molar-refractivity contribution in [1.82, 2.24) is 4.57 Å². The molecule has 0 amide bonds. The van der Waals surface area contributed by atoms with Crippen LogP contribution >= 0.6 is 11.6 Å². The minimum absolute atomic E-state index is 0.611. The summed E-state index contributed by atoms with van der Waals surface area (Å²) in [6.45, 7) is 4.63. The van der Waals surface area contributed by atoms with E-state index in [4.69, 9.17) is 0 Å². The molecular weight excluding hydrogens is 477 g/mol. The molecule has 1 aromatic heterocycles. The molecule has 0 N–H and O–H groups in total. The predicted octanol–water partition coefficient (Wildman–Crippen LogP) is 7.74. The number of alkyl halides is 1. The van der Waals surface area contributed by atoms with Crippen molar-refractivity contribution in [2.24, 2.45) is 0 Å². The number of hydrogen-bond acceptors (Lipinski definition) is 0. The smallest absolute Gasteiger partial charge is 0.0108 e. The molecule has 0 aliphatic heterocycles. The molecule has 156 valence electrons. The third-order valence-electron chi connectivity index (χ3n) is 7.07. The summed E-state index contributed by atoms with van der Waals surface area (Å²) >= 11 is 3.85. The standard InChI is InChI=1S/C20H16N.C7H9.CH3Cl.Zr/c1-2-7-15-13-16(12-14(15)6-1)21-19-10-4-3-8-17(19)18-9-5-11-20(18)21;1-6-4-3-5-7(6)2;1-2;/h1-4,6-8,10,12-13H,5,9,11H2;4H,3H2,1-2H3;1H3;. The molecule has 1 nitrogen and oxygen atoms in total. The maximum absolute atomic E-state index is 4.64. The van der Waals surface area contributed by atoms with Crippen LogP contribution in [0, 0.1) is 0 Å². The first-order valence-electron chi connectivity index (χ1n) is 11.2. The second-order valence-electron chi connectivity index (χ2n) is 8.60. The SMILES string of the molecule is CC1=CC[C]([Zr][CH]2C(n3c4c(c5ccccc53)CCC4)=Cc3ccccc32)=C1C.CCl. The van der Waals surface area contributed by atoms with Crippen LogP contribution in [0.25, 0.3) is 22.7 Å². The Morgan fingerprint density at radius 3 is 2.55 bits per heavy atom. The van der Waals surface area contributed by atoms with Gasteiger partial charge in [-0.2, -0.15) is 0 Å². The van der Waals surface area contributed by atoms with Gasteiger partial charge >= 0.3 is 185 Å². The molecule has 0 saturated carbocycles. The Morgan fingerprint density at radius 1 is 0.968 bits per heavy atom. The molecule has 1 unspecified atom stereocenters. The minimum atomic E-state index is -0.788. The molecule has 0 bridgehead atoms. The van der Waals surface area contributed by atoms with E-state index in [2.05, 4.69) is 90.7 Å². The molecular formula is C28H28ClNZr. The number of aryl methyl sites for hydroxylation is 1. The molecule has 0 radical (unpaired) electrons. The van der Waals surface area contributed by atoms with Gasteiger partial charge in [-0.3, -0.25) is 0 Å². The van der Waals surface area contributed by atoms with E-state index in [1.165, 1.54) is 54.1 Å². The minimum Gasteiger partial charge on any atom is -0.130 e. The van der Waals surface area contributed by atoms with Gasteiger partial charge in [-0.05, 0) is 0 Å². The van der Waals surface area contributed by atoms with E-state index in [0.29, 0.717) is 3.63 Å². The number of halogens is 1. The molecule has 1 atom stereocenters. The third-order valence-corrected chi connectivity index (χ3v) is 11.5. The summed E-state index contributed by atoms with van der Waals surface area (Å²) in [7, 11) is 0. The van der Waals surface area contributed by atoms with E-state index in [9.17, 15) is 0 Å². The van der Waals surface area contributed by atoms with Gasteiger partial charge in [0.05, 0.1) is 0 Å². The molecule has 0 spiro atoms. The number of nitrogens with zero attached hydrogens (tertiary/aromatic N) is 1. The van der Waals surface area contributed by atoms with Gasteiger partial charge in [0, 0.05) is 6.38 Å². The second kappa shape index (κ2) is 8.72. The van der Waals surface area contributed by atoms with E-state index < -0.39 is 23.2 Å². The molecule has 31 heavy (non-hydrogen) atoms. The van der Waals surface area contributed by atoms with Gasteiger partial charge in [-0.25, -0.2) is 0 Å². The molecule has 3 aliphatic rings. The molecule has 6 rings (SSSR count). The number of hydrogen-bond donors (Lipinski definition) is 0. The van der Waals surface area contributed by atoms with Crippen LogP contribution in [-0.2, 0) is 36.1 Å². The van der Waals surface area contributed by atoms with Gasteiger partial charge in [-0.1, -0.05) is 0 Å². The van der Waals surface area contributed by atoms with Crippen molar-refractivity contribution in [2.45, 2.75) is 43.2 Å². The predicted molar refractivity (Wildman–Crippen MR) is 130 cm³/mol. The zero-order valence-corrected chi connectivity index (χ0v) is 21.7. The van der Waals surface area contributed by atoms with Crippen LogP contribution in [0.5, 0.6) is 0 Å². The van der Waals surface area contributed by atoms with Crippen molar-refractivity contribution in [1.29, 1.82) is 0 Å². The molecule has 3 aromatic rings. The van der Waals surface area contributed by atoms with Crippen LogP contribution in [0.1, 0.15) is 52.7 Å². The van der Waals surface area contributed by atoms with E-state index in [0.717, 1.165) is 0 Å². The van der Waals surface area contributed by atoms with Crippen molar-refractivity contribution in [3.8, 4) is 0 Å². The summed E-state index contributed by atoms with van der Waals surface area (Å²) in [5, 5.41) is 1.48. The van der Waals surface area contributed by atoms with Crippen molar-refractivity contribution in [3.63, 3.8) is 0 Å². The van der Waals surface area contributed by atoms with Crippen molar-refractivity contribution in [2.75, 3.05) is 6.38 Å². The van der Waals surface area contributed by atoms with Crippen molar-refractivity contribution >= 4 is 34.3 Å². The van der Waals surface area contributed by atoms with Gasteiger partial charge in [0.2, 0.25) is 0 Å². The maximum atomic E-state index is 4.64. The molecule has 1 heterocycles. The summed E-state index contributed by atoms with van der Waals surface area (Å²) in [6, 6.07) is 18.2. The molecule has 3 aliphatic carbocycles. The number of aromatic nitrogens is 1. The largest absolute Gasteiger partial charge is 0.130 e. The second-order valence-corrected chi connectivity index (χ2v) is 12.2. The Labute approximate surface area is 202 Å². The van der Waals surface area contributed by atoms with Crippen LogP contribution in [0.4, 0.5) is 0 Å². The number of benzene rings is 2. The Morgan fingerprint density at radius 2 is 1.74 bits per heavy atom. The van der Waals surface area contributed by atoms with Gasteiger partial charge in [0.1, 0.15) is 0 Å². The monoisotopic (exact) mass is 503 g/mol. The van der Waals surface area contributed by atoms with Crippen LogP contribution in [0.3, 0.4) is 0 Å². The zero-order valence-electron chi connectivity index (χ0n) is 18.5. The number of allylic oxidation sites excluding steroid dienone is 5. The number of rotatable bonds is 3. The van der Waals surface area contributed by atoms with E-state index in [1.54, 1.807) is 31.4 Å². The third kappa shape index (κ3) is 3.47. The van der Waals surface area contributed by atoms with Gasteiger partial charge in [-0.15, -0.1) is 11.6 Å². The van der Waals surface area contributed by atoms with Crippen LogP contribution in [0.2, 0.25) is 0 Å². The molecule has 3 heteroatoms. The Bertz CT molecular complexity index is 1260. The molecule has 0 fully saturated rings. The molecule has 2 aromatic carbocycles. The first kappa shape index (κ1) is 21.2. The maximum Gasteiger partial charge on any atom is 0.0108 e. The van der Waals surface area contributed by atoms with Gasteiger partial charge in [0.15, 0.2) is 0 Å². The Hall–Kier alpha value is -1.63. The van der Waals surface area contributed by atoms with E-state index >= 15 is 0 Å². The van der Waals surface area contributed by atoms with Crippen LogP contribution < -0.4 is 0 Å². The van der Waals surface area contributed by atoms with Crippen molar-refractivity contribution < 1.29 is 23.2 Å². The summed E-state index contributed by atoms with van der Waals surface area (Å²) in [4.78, 5) is 0. The fraction of sp³-hybridized carbons (Fsp3) is 0.286. The summed E-state index contributed by atoms with van der Waals surface area (Å²) < 4.78 is 5.07. The zero-order chi connectivity index (χ0) is 21.5. The Kier molecular flexibility index (Phi) is 5.97. The fourth-order valence-corrected chi connectivity index (χ4v) is 9.75. The topological polar surface area (TPSA) is 4.93 Å². The normalized spacial score (nSPS) is 19.0. The number of para-hydroxylation sites is 1. The van der Waals surface area contributed by atoms with Gasteiger partial charge < -0.3 is 0 Å². The summed E-state index contributed by atoms with van der Waals surface area (Å²) in [5.74, 6) is 0. The summed E-state index contributed by atoms with van der Waals surface area (Å²) in [6.07, 6.45) is 11.4. The van der Waals surface area contributed by atoms with Crippen LogP contribution in [-0.4, -0.2) is 11.0 Å². The van der Waals surface area contributed by atoms with Crippen LogP contribution in [0.15, 0.2) is 69.0 Å². The first-order valence-corrected chi connectivity index (χ1v) is 14.6. The Balaban J connectivity index is 0.000000994. The van der Waals surface area contributed by atoms with E-state index in [-0.39, 0.29) is 0 Å². The average molecular weight is 505 g/mol. The first-order chi connectivity index (χ1) is 15.2.